The van der Waals surface area contributed by atoms with Crippen molar-refractivity contribution in [1.29, 1.82) is 0 Å². The van der Waals surface area contributed by atoms with E-state index < -0.39 is 17.6 Å². The minimum atomic E-state index is -4.74. The molecule has 1 amide bonds. The summed E-state index contributed by atoms with van der Waals surface area (Å²) in [5.74, 6) is -1.05. The largest absolute Gasteiger partial charge is 0.415 e. The molecule has 1 saturated heterocycles. The molecule has 2 unspecified atom stereocenters. The third-order valence-electron chi connectivity index (χ3n) is 3.42. The van der Waals surface area contributed by atoms with Crippen LogP contribution in [0.1, 0.15) is 30.7 Å². The van der Waals surface area contributed by atoms with Gasteiger partial charge in [0.05, 0.1) is 6.04 Å². The summed E-state index contributed by atoms with van der Waals surface area (Å²) in [5.41, 5.74) is 2.39. The second-order valence-electron chi connectivity index (χ2n) is 4.87. The molecule has 3 nitrogen and oxygen atoms in total. The van der Waals surface area contributed by atoms with Gasteiger partial charge in [-0.3, -0.25) is 4.79 Å². The van der Waals surface area contributed by atoms with Crippen molar-refractivity contribution in [2.24, 2.45) is 5.73 Å². The van der Waals surface area contributed by atoms with Crippen molar-refractivity contribution in [1.82, 2.24) is 4.90 Å². The lowest BCUT2D eigenvalue weighted by molar-refractivity contribution is -0.194. The Balaban J connectivity index is 2.24. The van der Waals surface area contributed by atoms with E-state index in [-0.39, 0.29) is 6.04 Å². The molecule has 0 spiro atoms. The number of nitrogens with zero attached hydrogens (tertiary/aromatic N) is 1. The highest BCUT2D eigenvalue weighted by Gasteiger charge is 2.56. The highest BCUT2D eigenvalue weighted by atomic mass is 32.1. The fourth-order valence-electron chi connectivity index (χ4n) is 2.21. The normalized spacial score (nSPS) is 23.4. The second-order valence-corrected chi connectivity index (χ2v) is 5.85. The number of carbonyl (C=O) groups excluding carboxylic acids is 1. The molecule has 7 heteroatoms. The number of halogens is 3. The van der Waals surface area contributed by atoms with E-state index in [0.717, 1.165) is 11.8 Å². The molecular formula is C12H15F3N2OS. The molecule has 0 saturated carbocycles. The highest BCUT2D eigenvalue weighted by Crippen LogP contribution is 2.38. The van der Waals surface area contributed by atoms with Gasteiger partial charge in [-0.25, -0.2) is 0 Å². The number of likely N-dealkylation sites (tertiary alicyclic amines) is 1. The molecule has 106 valence electrons. The zero-order chi connectivity index (χ0) is 14.3. The maximum Gasteiger partial charge on any atom is 0.415 e. The van der Waals surface area contributed by atoms with E-state index in [1.807, 2.05) is 17.5 Å². The molecular weight excluding hydrogens is 277 g/mol. The van der Waals surface area contributed by atoms with Crippen molar-refractivity contribution in [3.8, 4) is 0 Å². The van der Waals surface area contributed by atoms with E-state index in [0.29, 0.717) is 19.4 Å². The van der Waals surface area contributed by atoms with Crippen LogP contribution < -0.4 is 5.73 Å². The van der Waals surface area contributed by atoms with Crippen molar-refractivity contribution in [3.63, 3.8) is 0 Å². The molecule has 1 aliphatic heterocycles. The SMILES string of the molecule is CC(N)(C(=O)N1CCCC1c1cccs1)C(F)(F)F. The standard InChI is InChI=1S/C12H15F3N2OS/c1-11(16,12(13,14)15)10(18)17-6-2-4-8(17)9-5-3-7-19-9/h3,5,7-8H,2,4,6,16H2,1H3. The van der Waals surface area contributed by atoms with E-state index in [2.05, 4.69) is 0 Å². The third-order valence-corrected chi connectivity index (χ3v) is 4.39. The zero-order valence-corrected chi connectivity index (χ0v) is 11.2. The monoisotopic (exact) mass is 292 g/mol. The summed E-state index contributed by atoms with van der Waals surface area (Å²) in [6.45, 7) is 1.06. The third kappa shape index (κ3) is 2.49. The Kier molecular flexibility index (Phi) is 3.61. The van der Waals surface area contributed by atoms with Gasteiger partial charge in [-0.15, -0.1) is 11.3 Å². The van der Waals surface area contributed by atoms with Gasteiger partial charge in [-0.1, -0.05) is 6.07 Å². The number of carbonyl (C=O) groups is 1. The molecule has 19 heavy (non-hydrogen) atoms. The Hall–Kier alpha value is -1.08. The van der Waals surface area contributed by atoms with Gasteiger partial charge in [-0.2, -0.15) is 13.2 Å². The van der Waals surface area contributed by atoms with Crippen LogP contribution in [0.2, 0.25) is 0 Å². The van der Waals surface area contributed by atoms with Crippen LogP contribution in [-0.4, -0.2) is 29.1 Å². The molecule has 0 bridgehead atoms. The number of hydrogen-bond donors (Lipinski definition) is 1. The lowest BCUT2D eigenvalue weighted by Gasteiger charge is -2.33. The Morgan fingerprint density at radius 1 is 1.53 bits per heavy atom. The maximum atomic E-state index is 12.8. The van der Waals surface area contributed by atoms with Crippen LogP contribution in [0.5, 0.6) is 0 Å². The zero-order valence-electron chi connectivity index (χ0n) is 10.4. The van der Waals surface area contributed by atoms with Crippen LogP contribution in [0.4, 0.5) is 13.2 Å². The van der Waals surface area contributed by atoms with E-state index in [9.17, 15) is 18.0 Å². The summed E-state index contributed by atoms with van der Waals surface area (Å²) in [6.07, 6.45) is -3.37. The first-order chi connectivity index (χ1) is 8.75. The van der Waals surface area contributed by atoms with Crippen LogP contribution in [-0.2, 0) is 4.79 Å². The molecule has 2 N–H and O–H groups in total. The molecule has 1 aliphatic rings. The molecule has 0 aromatic carbocycles. The van der Waals surface area contributed by atoms with Gasteiger partial charge in [0.2, 0.25) is 0 Å². The summed E-state index contributed by atoms with van der Waals surface area (Å²) >= 11 is 1.44. The van der Waals surface area contributed by atoms with Crippen LogP contribution in [0.3, 0.4) is 0 Å². The number of amides is 1. The average Bonchev–Trinajstić information content (AvgIpc) is 2.96. The summed E-state index contributed by atoms with van der Waals surface area (Å²) in [4.78, 5) is 14.3. The van der Waals surface area contributed by atoms with Gasteiger partial charge in [0.25, 0.3) is 5.91 Å². The summed E-state index contributed by atoms with van der Waals surface area (Å²) in [6, 6.07) is 3.38. The fraction of sp³-hybridized carbons (Fsp3) is 0.583. The first-order valence-electron chi connectivity index (χ1n) is 5.95. The van der Waals surface area contributed by atoms with Gasteiger partial charge in [0.1, 0.15) is 0 Å². The average molecular weight is 292 g/mol. The molecule has 0 radical (unpaired) electrons. The van der Waals surface area contributed by atoms with Gasteiger partial charge in [0.15, 0.2) is 5.54 Å². The molecule has 2 heterocycles. The van der Waals surface area contributed by atoms with E-state index in [4.69, 9.17) is 5.73 Å². The molecule has 0 aliphatic carbocycles. The maximum absolute atomic E-state index is 12.8. The minimum absolute atomic E-state index is 0.280. The topological polar surface area (TPSA) is 46.3 Å². The van der Waals surface area contributed by atoms with E-state index in [1.54, 1.807) is 0 Å². The molecule has 1 aromatic heterocycles. The lowest BCUT2D eigenvalue weighted by Crippen LogP contribution is -2.61. The van der Waals surface area contributed by atoms with Crippen LogP contribution in [0.15, 0.2) is 17.5 Å². The Labute approximate surface area is 113 Å². The van der Waals surface area contributed by atoms with Gasteiger partial charge in [-0.05, 0) is 31.2 Å². The van der Waals surface area contributed by atoms with Crippen molar-refractivity contribution >= 4 is 17.2 Å². The van der Waals surface area contributed by atoms with Crippen molar-refractivity contribution in [3.05, 3.63) is 22.4 Å². The predicted octanol–water partition coefficient (Wildman–Crippen LogP) is 2.69. The number of nitrogens with two attached hydrogens (primary N) is 1. The number of alkyl halides is 3. The molecule has 1 aromatic rings. The first-order valence-corrected chi connectivity index (χ1v) is 6.83. The van der Waals surface area contributed by atoms with Crippen molar-refractivity contribution in [2.75, 3.05) is 6.54 Å². The van der Waals surface area contributed by atoms with Crippen molar-refractivity contribution in [2.45, 2.75) is 37.5 Å². The predicted molar refractivity (Wildman–Crippen MR) is 66.7 cm³/mol. The highest BCUT2D eigenvalue weighted by molar-refractivity contribution is 7.10. The minimum Gasteiger partial charge on any atom is -0.333 e. The first kappa shape index (κ1) is 14.3. The lowest BCUT2D eigenvalue weighted by atomic mass is 10.0. The van der Waals surface area contributed by atoms with E-state index in [1.165, 1.54) is 16.2 Å². The summed E-state index contributed by atoms with van der Waals surface area (Å²) in [7, 11) is 0. The van der Waals surface area contributed by atoms with E-state index >= 15 is 0 Å². The van der Waals surface area contributed by atoms with Gasteiger partial charge >= 0.3 is 6.18 Å². The fourth-order valence-corrected chi connectivity index (χ4v) is 3.08. The number of rotatable bonds is 2. The number of thiophene rings is 1. The Morgan fingerprint density at radius 2 is 2.21 bits per heavy atom. The van der Waals surface area contributed by atoms with Crippen LogP contribution >= 0.6 is 11.3 Å². The van der Waals surface area contributed by atoms with Crippen LogP contribution in [0.25, 0.3) is 0 Å². The van der Waals surface area contributed by atoms with Gasteiger partial charge < -0.3 is 10.6 Å². The smallest absolute Gasteiger partial charge is 0.333 e. The van der Waals surface area contributed by atoms with Crippen molar-refractivity contribution < 1.29 is 18.0 Å². The Morgan fingerprint density at radius 3 is 2.74 bits per heavy atom. The Bertz CT molecular complexity index is 456. The molecule has 2 rings (SSSR count). The van der Waals surface area contributed by atoms with Gasteiger partial charge in [0, 0.05) is 11.4 Å². The molecule has 2 atom stereocenters. The number of hydrogen-bond acceptors (Lipinski definition) is 3. The summed E-state index contributed by atoms with van der Waals surface area (Å²) in [5, 5.41) is 1.85. The van der Waals surface area contributed by atoms with Crippen LogP contribution in [0, 0.1) is 0 Å². The molecule has 1 fully saturated rings. The quantitative estimate of drug-likeness (QED) is 0.911. The second kappa shape index (κ2) is 4.79. The summed E-state index contributed by atoms with van der Waals surface area (Å²) < 4.78 is 38.5.